The molecule has 1 atom stereocenters. The Balaban J connectivity index is -0.000000320. The molecule has 0 fully saturated rings. The minimum Gasteiger partial charge on any atom is -1.00 e. The third-order valence-electron chi connectivity index (χ3n) is 1.65. The maximum atomic E-state index is 3.87. The second-order valence-corrected chi connectivity index (χ2v) is 2.61. The van der Waals surface area contributed by atoms with Crippen LogP contribution in [0.1, 0.15) is 28.1 Å². The molecule has 1 heteroatoms. The van der Waals surface area contributed by atoms with Gasteiger partial charge in [-0.2, -0.15) is 0 Å². The fraction of sp³-hybridized carbons (Fsp3) is 0.556. The average Bonchev–Trinajstić information content (AvgIpc) is 1.82. The Labute approximate surface area is 78.1 Å². The predicted molar refractivity (Wildman–Crippen MR) is 44.5 cm³/mol. The van der Waals surface area contributed by atoms with Gasteiger partial charge in [0.25, 0.3) is 0 Å². The van der Waals surface area contributed by atoms with E-state index in [4.69, 9.17) is 0 Å². The summed E-state index contributed by atoms with van der Waals surface area (Å²) < 4.78 is 0. The van der Waals surface area contributed by atoms with Gasteiger partial charge in [0.05, 0.1) is 0 Å². The van der Waals surface area contributed by atoms with E-state index in [1.165, 1.54) is 12.0 Å². The van der Waals surface area contributed by atoms with Crippen molar-refractivity contribution >= 4 is 0 Å². The summed E-state index contributed by atoms with van der Waals surface area (Å²) in [6, 6.07) is 0. The summed E-state index contributed by atoms with van der Waals surface area (Å²) in [5.74, 6) is 0.656. The average molecular weight is 132 g/mol. The van der Waals surface area contributed by atoms with E-state index in [1.807, 2.05) is 6.08 Å². The van der Waals surface area contributed by atoms with E-state index in [0.29, 0.717) is 5.92 Å². The molecule has 0 N–H and O–H groups in total. The van der Waals surface area contributed by atoms with Gasteiger partial charge in [0.1, 0.15) is 0 Å². The molecule has 0 spiro atoms. The summed E-state index contributed by atoms with van der Waals surface area (Å²) in [5.41, 5.74) is 1.27. The Morgan fingerprint density at radius 1 is 1.70 bits per heavy atom. The van der Waals surface area contributed by atoms with E-state index in [0.717, 1.165) is 6.42 Å². The summed E-state index contributed by atoms with van der Waals surface area (Å²) in [5, 5.41) is 0. The second kappa shape index (κ2) is 7.19. The molecule has 0 nitrogen and oxygen atoms in total. The Morgan fingerprint density at radius 2 is 2.20 bits per heavy atom. The SMILES string of the molecule is C=CCCC(C)C(=C)C.[H-].[Li+]. The molecule has 0 aromatic heterocycles. The molecule has 0 radical (unpaired) electrons. The minimum absolute atomic E-state index is 0. The molecule has 0 saturated carbocycles. The molecule has 0 rings (SSSR count). The summed E-state index contributed by atoms with van der Waals surface area (Å²) >= 11 is 0. The smallest absolute Gasteiger partial charge is 1.00 e. The van der Waals surface area contributed by atoms with Gasteiger partial charge in [-0.3, -0.25) is 0 Å². The van der Waals surface area contributed by atoms with Crippen molar-refractivity contribution in [3.63, 3.8) is 0 Å². The van der Waals surface area contributed by atoms with Crippen LogP contribution in [0.4, 0.5) is 0 Å². The molecule has 0 aliphatic carbocycles. The molecule has 0 aromatic rings. The summed E-state index contributed by atoms with van der Waals surface area (Å²) in [4.78, 5) is 0. The monoisotopic (exact) mass is 132 g/mol. The van der Waals surface area contributed by atoms with E-state index in [2.05, 4.69) is 27.0 Å². The van der Waals surface area contributed by atoms with E-state index in [-0.39, 0.29) is 20.3 Å². The molecule has 0 aliphatic heterocycles. The van der Waals surface area contributed by atoms with Crippen molar-refractivity contribution in [3.05, 3.63) is 24.8 Å². The van der Waals surface area contributed by atoms with Crippen LogP contribution in [-0.2, 0) is 0 Å². The molecule has 0 amide bonds. The van der Waals surface area contributed by atoms with Crippen LogP contribution < -0.4 is 18.9 Å². The van der Waals surface area contributed by atoms with Gasteiger partial charge in [0, 0.05) is 0 Å². The van der Waals surface area contributed by atoms with Gasteiger partial charge in [-0.25, -0.2) is 0 Å². The van der Waals surface area contributed by atoms with E-state index >= 15 is 0 Å². The topological polar surface area (TPSA) is 0 Å². The quantitative estimate of drug-likeness (QED) is 0.381. The first-order valence-electron chi connectivity index (χ1n) is 3.44. The number of hydrogen-bond donors (Lipinski definition) is 0. The van der Waals surface area contributed by atoms with E-state index in [9.17, 15) is 0 Å². The normalized spacial score (nSPS) is 11.4. The Hall–Kier alpha value is 0.0774. The Kier molecular flexibility index (Phi) is 9.15. The van der Waals surface area contributed by atoms with Crippen molar-refractivity contribution in [2.75, 3.05) is 0 Å². The van der Waals surface area contributed by atoms with Crippen LogP contribution in [0.2, 0.25) is 0 Å². The zero-order chi connectivity index (χ0) is 7.28. The first kappa shape index (κ1) is 12.7. The van der Waals surface area contributed by atoms with Crippen LogP contribution >= 0.6 is 0 Å². The molecule has 0 aromatic carbocycles. The zero-order valence-electron chi connectivity index (χ0n) is 8.48. The van der Waals surface area contributed by atoms with Crippen LogP contribution in [-0.4, -0.2) is 0 Å². The number of rotatable bonds is 4. The second-order valence-electron chi connectivity index (χ2n) is 2.61. The third-order valence-corrected chi connectivity index (χ3v) is 1.65. The first-order chi connectivity index (χ1) is 4.18. The van der Waals surface area contributed by atoms with Gasteiger partial charge in [-0.15, -0.1) is 6.58 Å². The molecule has 0 aliphatic rings. The predicted octanol–water partition coefficient (Wildman–Crippen LogP) is 0.281. The Bertz CT molecular complexity index is 110. The summed E-state index contributed by atoms with van der Waals surface area (Å²) in [7, 11) is 0. The maximum absolute atomic E-state index is 3.87. The van der Waals surface area contributed by atoms with Gasteiger partial charge in [0.15, 0.2) is 0 Å². The molecule has 1 unspecified atom stereocenters. The van der Waals surface area contributed by atoms with Crippen LogP contribution in [0.5, 0.6) is 0 Å². The first-order valence-corrected chi connectivity index (χ1v) is 3.44. The molecule has 0 heterocycles. The minimum atomic E-state index is 0. The van der Waals surface area contributed by atoms with Gasteiger partial charge < -0.3 is 1.43 Å². The fourth-order valence-electron chi connectivity index (χ4n) is 0.614. The largest absolute Gasteiger partial charge is 1.00 e. The van der Waals surface area contributed by atoms with Gasteiger partial charge in [0.2, 0.25) is 0 Å². The number of allylic oxidation sites excluding steroid dienone is 2. The number of hydrogen-bond acceptors (Lipinski definition) is 0. The Morgan fingerprint density at radius 3 is 2.50 bits per heavy atom. The van der Waals surface area contributed by atoms with Crippen LogP contribution in [0.3, 0.4) is 0 Å². The van der Waals surface area contributed by atoms with Gasteiger partial charge in [-0.1, -0.05) is 25.2 Å². The molecular formula is C9H17Li. The van der Waals surface area contributed by atoms with Crippen molar-refractivity contribution in [1.82, 2.24) is 0 Å². The van der Waals surface area contributed by atoms with Crippen LogP contribution in [0, 0.1) is 5.92 Å². The third kappa shape index (κ3) is 6.20. The van der Waals surface area contributed by atoms with Crippen molar-refractivity contribution in [2.24, 2.45) is 5.92 Å². The van der Waals surface area contributed by atoms with Crippen molar-refractivity contribution in [3.8, 4) is 0 Å². The summed E-state index contributed by atoms with van der Waals surface area (Å²) in [6.45, 7) is 11.8. The van der Waals surface area contributed by atoms with Crippen molar-refractivity contribution < 1.29 is 20.3 Å². The zero-order valence-corrected chi connectivity index (χ0v) is 7.48. The van der Waals surface area contributed by atoms with Gasteiger partial charge in [-0.05, 0) is 25.7 Å². The molecular weight excluding hydrogens is 115 g/mol. The summed E-state index contributed by atoms with van der Waals surface area (Å²) in [6.07, 6.45) is 4.26. The molecule has 0 bridgehead atoms. The maximum Gasteiger partial charge on any atom is 1.00 e. The van der Waals surface area contributed by atoms with Crippen molar-refractivity contribution in [2.45, 2.75) is 26.7 Å². The van der Waals surface area contributed by atoms with Crippen LogP contribution in [0.25, 0.3) is 0 Å². The molecule has 10 heavy (non-hydrogen) atoms. The van der Waals surface area contributed by atoms with E-state index in [1.54, 1.807) is 0 Å². The standard InChI is InChI=1S/C9H16.Li.H/c1-5-6-7-9(4)8(2)3;;/h5,9H,1-2,6-7H2,3-4H3;;/q;+1;-1. The molecule has 54 valence electrons. The van der Waals surface area contributed by atoms with E-state index < -0.39 is 0 Å². The van der Waals surface area contributed by atoms with Gasteiger partial charge >= 0.3 is 18.9 Å². The fourth-order valence-corrected chi connectivity index (χ4v) is 0.614. The van der Waals surface area contributed by atoms with Crippen molar-refractivity contribution in [1.29, 1.82) is 0 Å². The molecule has 0 saturated heterocycles. The van der Waals surface area contributed by atoms with Crippen LogP contribution in [0.15, 0.2) is 24.8 Å².